The molecule has 1 aromatic rings. The number of rotatable bonds is 4. The minimum atomic E-state index is -0.628. The van der Waals surface area contributed by atoms with E-state index in [1.54, 1.807) is 19.1 Å². The van der Waals surface area contributed by atoms with Crippen molar-refractivity contribution in [2.75, 3.05) is 20.7 Å². The lowest BCUT2D eigenvalue weighted by molar-refractivity contribution is -0.137. The molecular formula is C22H26N2O4. The number of likely N-dealkylation sites (tertiary alicyclic amines) is 1. The standard InChI is InChI=1S/C22H26N2O4/c1-24-13-22-11-8-16(28-22)17(18(22)20(24)26)19(25)23-21(9-3-4-10-21)14-6-5-7-15(12-14)27-2/h5-8,11-12,16-18H,3-4,9-10,13H2,1-2H3,(H,23,25)/t16-,17-,18+,22-/m0/s1. The highest BCUT2D eigenvalue weighted by Gasteiger charge is 2.66. The van der Waals surface area contributed by atoms with Gasteiger partial charge in [-0.15, -0.1) is 0 Å². The summed E-state index contributed by atoms with van der Waals surface area (Å²) in [5.74, 6) is -0.166. The summed E-state index contributed by atoms with van der Waals surface area (Å²) in [5, 5.41) is 3.35. The third-order valence-corrected chi connectivity index (χ3v) is 7.03. The molecule has 0 aromatic heterocycles. The van der Waals surface area contributed by atoms with Gasteiger partial charge in [-0.3, -0.25) is 9.59 Å². The highest BCUT2D eigenvalue weighted by atomic mass is 16.5. The Morgan fingerprint density at radius 2 is 2.11 bits per heavy atom. The van der Waals surface area contributed by atoms with Gasteiger partial charge in [0.15, 0.2) is 0 Å². The zero-order valence-electron chi connectivity index (χ0n) is 16.3. The number of ether oxygens (including phenoxy) is 2. The van der Waals surface area contributed by atoms with Crippen molar-refractivity contribution in [3.05, 3.63) is 42.0 Å². The molecule has 1 aromatic carbocycles. The minimum absolute atomic E-state index is 0.00820. The molecule has 3 fully saturated rings. The maximum Gasteiger partial charge on any atom is 0.229 e. The summed E-state index contributed by atoms with van der Waals surface area (Å²) in [7, 11) is 3.43. The van der Waals surface area contributed by atoms with Gasteiger partial charge in [0, 0.05) is 7.05 Å². The molecule has 4 aliphatic rings. The molecule has 1 saturated carbocycles. The van der Waals surface area contributed by atoms with Crippen molar-refractivity contribution in [2.24, 2.45) is 11.8 Å². The number of likely N-dealkylation sites (N-methyl/N-ethyl adjacent to an activating group) is 1. The molecule has 2 bridgehead atoms. The van der Waals surface area contributed by atoms with Crippen molar-refractivity contribution in [3.63, 3.8) is 0 Å². The molecular weight excluding hydrogens is 356 g/mol. The van der Waals surface area contributed by atoms with Gasteiger partial charge < -0.3 is 19.7 Å². The number of methoxy groups -OCH3 is 1. The van der Waals surface area contributed by atoms with Crippen LogP contribution in [0.3, 0.4) is 0 Å². The number of nitrogens with zero attached hydrogens (tertiary/aromatic N) is 1. The van der Waals surface area contributed by atoms with Crippen LogP contribution >= 0.6 is 0 Å². The summed E-state index contributed by atoms with van der Waals surface area (Å²) < 4.78 is 11.5. The quantitative estimate of drug-likeness (QED) is 0.809. The SMILES string of the molecule is COc1cccc(C2(NC(=O)[C@H]3[C@@H]4C=C[C@@]5(CN(C)C(=O)[C@@H]35)O4)CCCC2)c1. The normalized spacial score (nSPS) is 34.7. The summed E-state index contributed by atoms with van der Waals surface area (Å²) in [4.78, 5) is 27.9. The van der Waals surface area contributed by atoms with Gasteiger partial charge in [-0.2, -0.15) is 0 Å². The zero-order valence-corrected chi connectivity index (χ0v) is 16.3. The van der Waals surface area contributed by atoms with E-state index in [0.29, 0.717) is 6.54 Å². The molecule has 148 valence electrons. The maximum atomic E-state index is 13.5. The topological polar surface area (TPSA) is 67.9 Å². The third kappa shape index (κ3) is 2.37. The van der Waals surface area contributed by atoms with Crippen molar-refractivity contribution in [1.82, 2.24) is 10.2 Å². The van der Waals surface area contributed by atoms with Crippen LogP contribution < -0.4 is 10.1 Å². The lowest BCUT2D eigenvalue weighted by Gasteiger charge is -2.34. The number of amides is 2. The van der Waals surface area contributed by atoms with Crippen LogP contribution in [0, 0.1) is 11.8 Å². The molecule has 0 radical (unpaired) electrons. The van der Waals surface area contributed by atoms with Crippen molar-refractivity contribution < 1.29 is 19.1 Å². The van der Waals surface area contributed by atoms with Crippen LogP contribution in [-0.2, 0) is 19.9 Å². The number of fused-ring (bicyclic) bond motifs is 1. The molecule has 1 N–H and O–H groups in total. The summed E-state index contributed by atoms with van der Waals surface area (Å²) in [6.07, 6.45) is 7.55. The molecule has 6 nitrogen and oxygen atoms in total. The average Bonchev–Trinajstić information content (AvgIpc) is 3.44. The number of hydrogen-bond donors (Lipinski definition) is 1. The molecule has 2 amide bonds. The summed E-state index contributed by atoms with van der Waals surface area (Å²) in [6, 6.07) is 7.95. The fourth-order valence-corrected chi connectivity index (χ4v) is 5.70. The first-order chi connectivity index (χ1) is 13.5. The Morgan fingerprint density at radius 1 is 1.32 bits per heavy atom. The number of hydrogen-bond acceptors (Lipinski definition) is 4. The Balaban J connectivity index is 1.45. The number of benzene rings is 1. The fourth-order valence-electron chi connectivity index (χ4n) is 5.70. The monoisotopic (exact) mass is 382 g/mol. The van der Waals surface area contributed by atoms with Crippen LogP contribution in [0.25, 0.3) is 0 Å². The van der Waals surface area contributed by atoms with Gasteiger partial charge in [-0.05, 0) is 30.5 Å². The first-order valence-electron chi connectivity index (χ1n) is 10.1. The molecule has 28 heavy (non-hydrogen) atoms. The molecule has 5 rings (SSSR count). The zero-order chi connectivity index (χ0) is 19.5. The van der Waals surface area contributed by atoms with Crippen molar-refractivity contribution in [3.8, 4) is 5.75 Å². The second-order valence-corrected chi connectivity index (χ2v) is 8.60. The fraction of sp³-hybridized carbons (Fsp3) is 0.545. The van der Waals surface area contributed by atoms with Gasteiger partial charge >= 0.3 is 0 Å². The summed E-state index contributed by atoms with van der Waals surface area (Å²) >= 11 is 0. The molecule has 2 saturated heterocycles. The smallest absolute Gasteiger partial charge is 0.229 e. The molecule has 3 heterocycles. The lowest BCUT2D eigenvalue weighted by Crippen LogP contribution is -2.51. The molecule has 0 unspecified atom stereocenters. The van der Waals surface area contributed by atoms with Crippen LogP contribution in [0.5, 0.6) is 5.75 Å². The second kappa shape index (κ2) is 6.08. The molecule has 1 spiro atoms. The van der Waals surface area contributed by atoms with Crippen LogP contribution in [0.2, 0.25) is 0 Å². The van der Waals surface area contributed by atoms with Crippen molar-refractivity contribution in [1.29, 1.82) is 0 Å². The molecule has 3 aliphatic heterocycles. The molecule has 1 aliphatic carbocycles. The largest absolute Gasteiger partial charge is 0.497 e. The van der Waals surface area contributed by atoms with Crippen LogP contribution in [0.4, 0.5) is 0 Å². The number of nitrogens with one attached hydrogen (secondary N) is 1. The van der Waals surface area contributed by atoms with E-state index in [1.165, 1.54) is 0 Å². The summed E-state index contributed by atoms with van der Waals surface area (Å²) in [5.41, 5.74) is 0.0387. The van der Waals surface area contributed by atoms with Crippen LogP contribution in [-0.4, -0.2) is 49.1 Å². The Bertz CT molecular complexity index is 860. The van der Waals surface area contributed by atoms with Gasteiger partial charge in [0.05, 0.1) is 37.1 Å². The highest BCUT2D eigenvalue weighted by Crippen LogP contribution is 2.52. The van der Waals surface area contributed by atoms with E-state index < -0.39 is 23.0 Å². The summed E-state index contributed by atoms with van der Waals surface area (Å²) in [6.45, 7) is 0.522. The number of carbonyl (C=O) groups excluding carboxylic acids is 2. The first kappa shape index (κ1) is 17.7. The third-order valence-electron chi connectivity index (χ3n) is 7.03. The van der Waals surface area contributed by atoms with E-state index in [0.717, 1.165) is 37.0 Å². The molecule has 6 heteroatoms. The predicted octanol–water partition coefficient (Wildman–Crippen LogP) is 1.99. The van der Waals surface area contributed by atoms with Gasteiger partial charge in [-0.25, -0.2) is 0 Å². The first-order valence-corrected chi connectivity index (χ1v) is 10.1. The Morgan fingerprint density at radius 3 is 2.86 bits per heavy atom. The van der Waals surface area contributed by atoms with Gasteiger partial charge in [0.1, 0.15) is 11.4 Å². The van der Waals surface area contributed by atoms with Gasteiger partial charge in [-0.1, -0.05) is 37.1 Å². The van der Waals surface area contributed by atoms with Crippen LogP contribution in [0.15, 0.2) is 36.4 Å². The van der Waals surface area contributed by atoms with E-state index in [1.807, 2.05) is 30.4 Å². The minimum Gasteiger partial charge on any atom is -0.497 e. The van der Waals surface area contributed by atoms with E-state index in [4.69, 9.17) is 9.47 Å². The van der Waals surface area contributed by atoms with Crippen molar-refractivity contribution >= 4 is 11.8 Å². The van der Waals surface area contributed by atoms with Crippen LogP contribution in [0.1, 0.15) is 31.2 Å². The van der Waals surface area contributed by atoms with E-state index in [-0.39, 0.29) is 17.9 Å². The second-order valence-electron chi connectivity index (χ2n) is 8.60. The molecule has 4 atom stereocenters. The lowest BCUT2D eigenvalue weighted by atomic mass is 9.76. The maximum absolute atomic E-state index is 13.5. The Labute approximate surface area is 164 Å². The van der Waals surface area contributed by atoms with E-state index in [2.05, 4.69) is 11.4 Å². The Kier molecular flexibility index (Phi) is 3.85. The predicted molar refractivity (Wildman–Crippen MR) is 103 cm³/mol. The van der Waals surface area contributed by atoms with Gasteiger partial charge in [0.2, 0.25) is 11.8 Å². The van der Waals surface area contributed by atoms with E-state index in [9.17, 15) is 9.59 Å². The highest BCUT2D eigenvalue weighted by molar-refractivity contribution is 5.93. The average molecular weight is 382 g/mol. The van der Waals surface area contributed by atoms with Gasteiger partial charge in [0.25, 0.3) is 0 Å². The number of carbonyl (C=O) groups is 2. The van der Waals surface area contributed by atoms with E-state index >= 15 is 0 Å². The Hall–Kier alpha value is -2.34. The van der Waals surface area contributed by atoms with Crippen molar-refractivity contribution in [2.45, 2.75) is 42.9 Å².